The molecule has 4 rings (SSSR count). The highest BCUT2D eigenvalue weighted by atomic mass is 16.5. The Morgan fingerprint density at radius 1 is 1.00 bits per heavy atom. The lowest BCUT2D eigenvalue weighted by atomic mass is 9.93. The Hall–Kier alpha value is -3.60. The van der Waals surface area contributed by atoms with Crippen LogP contribution in [0.2, 0.25) is 0 Å². The Bertz CT molecular complexity index is 1100. The lowest BCUT2D eigenvalue weighted by Crippen LogP contribution is -2.13. The van der Waals surface area contributed by atoms with E-state index in [0.29, 0.717) is 17.7 Å². The second-order valence-electron chi connectivity index (χ2n) is 6.50. The fourth-order valence-electron chi connectivity index (χ4n) is 3.60. The van der Waals surface area contributed by atoms with E-state index in [1.54, 1.807) is 31.4 Å². The molecule has 0 heterocycles. The van der Waals surface area contributed by atoms with Crippen molar-refractivity contribution in [2.45, 2.75) is 6.42 Å². The number of carboxylic acid groups (broad SMARTS) is 1. The van der Waals surface area contributed by atoms with Gasteiger partial charge in [-0.15, -0.1) is 0 Å². The second kappa shape index (κ2) is 6.29. The highest BCUT2D eigenvalue weighted by Crippen LogP contribution is 2.41. The van der Waals surface area contributed by atoms with Crippen LogP contribution >= 0.6 is 0 Å². The van der Waals surface area contributed by atoms with Crippen molar-refractivity contribution >= 4 is 11.9 Å². The quantitative estimate of drug-likeness (QED) is 0.581. The van der Waals surface area contributed by atoms with Crippen molar-refractivity contribution in [2.75, 3.05) is 7.11 Å². The van der Waals surface area contributed by atoms with E-state index in [9.17, 15) is 14.7 Å². The average Bonchev–Trinajstić information content (AvgIpc) is 3.04. The van der Waals surface area contributed by atoms with E-state index < -0.39 is 11.9 Å². The zero-order valence-corrected chi connectivity index (χ0v) is 14.7. The Kier molecular flexibility index (Phi) is 3.92. The van der Waals surface area contributed by atoms with Crippen molar-refractivity contribution in [3.63, 3.8) is 0 Å². The van der Waals surface area contributed by atoms with Crippen molar-refractivity contribution in [2.24, 2.45) is 5.73 Å². The first-order valence-corrected chi connectivity index (χ1v) is 8.45. The van der Waals surface area contributed by atoms with E-state index >= 15 is 0 Å². The molecule has 0 saturated heterocycles. The summed E-state index contributed by atoms with van der Waals surface area (Å²) >= 11 is 0. The van der Waals surface area contributed by atoms with E-state index in [0.717, 1.165) is 33.4 Å². The first-order valence-electron chi connectivity index (χ1n) is 8.45. The minimum Gasteiger partial charge on any atom is -0.497 e. The van der Waals surface area contributed by atoms with Crippen LogP contribution in [0.5, 0.6) is 5.75 Å². The van der Waals surface area contributed by atoms with Gasteiger partial charge in [-0.25, -0.2) is 4.79 Å². The molecule has 1 amide bonds. The van der Waals surface area contributed by atoms with Gasteiger partial charge in [-0.2, -0.15) is 0 Å². The summed E-state index contributed by atoms with van der Waals surface area (Å²) in [4.78, 5) is 23.5. The number of rotatable bonds is 4. The highest BCUT2D eigenvalue weighted by molar-refractivity contribution is 6.01. The van der Waals surface area contributed by atoms with Gasteiger partial charge in [0, 0.05) is 5.56 Å². The molecular formula is C22H17NO4. The van der Waals surface area contributed by atoms with E-state index in [-0.39, 0.29) is 5.56 Å². The molecule has 3 N–H and O–H groups in total. The normalized spacial score (nSPS) is 11.6. The van der Waals surface area contributed by atoms with Gasteiger partial charge in [-0.1, -0.05) is 18.2 Å². The molecule has 3 aromatic carbocycles. The number of amides is 1. The predicted octanol–water partition coefficient (Wildman–Crippen LogP) is 3.73. The van der Waals surface area contributed by atoms with Crippen molar-refractivity contribution in [3.05, 3.63) is 76.9 Å². The van der Waals surface area contributed by atoms with Gasteiger partial charge in [-0.3, -0.25) is 4.79 Å². The Morgan fingerprint density at radius 2 is 1.81 bits per heavy atom. The fourth-order valence-corrected chi connectivity index (χ4v) is 3.60. The van der Waals surface area contributed by atoms with E-state index in [4.69, 9.17) is 10.5 Å². The van der Waals surface area contributed by atoms with Crippen LogP contribution in [0.15, 0.2) is 54.6 Å². The second-order valence-corrected chi connectivity index (χ2v) is 6.50. The summed E-state index contributed by atoms with van der Waals surface area (Å²) in [5.41, 5.74) is 11.5. The summed E-state index contributed by atoms with van der Waals surface area (Å²) in [7, 11) is 1.60. The number of methoxy groups -OCH3 is 1. The van der Waals surface area contributed by atoms with Crippen LogP contribution in [0.3, 0.4) is 0 Å². The summed E-state index contributed by atoms with van der Waals surface area (Å²) in [6.07, 6.45) is 0.557. The third-order valence-corrected chi connectivity index (χ3v) is 4.93. The lowest BCUT2D eigenvalue weighted by molar-refractivity contribution is 0.0696. The van der Waals surface area contributed by atoms with Crippen LogP contribution in [0.4, 0.5) is 0 Å². The molecule has 5 heteroatoms. The van der Waals surface area contributed by atoms with Gasteiger partial charge in [0.25, 0.3) is 0 Å². The Balaban J connectivity index is 1.95. The predicted molar refractivity (Wildman–Crippen MR) is 102 cm³/mol. The number of fused-ring (bicyclic) bond motifs is 3. The zero-order chi connectivity index (χ0) is 19.1. The molecular weight excluding hydrogens is 342 g/mol. The molecule has 1 aliphatic rings. The van der Waals surface area contributed by atoms with Gasteiger partial charge in [0.1, 0.15) is 5.75 Å². The number of hydrogen-bond acceptors (Lipinski definition) is 3. The van der Waals surface area contributed by atoms with Crippen molar-refractivity contribution in [3.8, 4) is 28.0 Å². The van der Waals surface area contributed by atoms with Gasteiger partial charge in [0.05, 0.1) is 12.7 Å². The van der Waals surface area contributed by atoms with Gasteiger partial charge >= 0.3 is 5.97 Å². The van der Waals surface area contributed by atoms with Crippen LogP contribution < -0.4 is 10.5 Å². The van der Waals surface area contributed by atoms with Crippen molar-refractivity contribution in [1.29, 1.82) is 0 Å². The molecule has 3 aromatic rings. The number of nitrogens with two attached hydrogens (primary N) is 1. The SMILES string of the molecule is COc1cccc(-c2cc(C(N)=O)c3c(c2)-c2cc(C(=O)O)ccc2C3)c1. The van der Waals surface area contributed by atoms with E-state index in [1.807, 2.05) is 30.3 Å². The van der Waals surface area contributed by atoms with Crippen LogP contribution in [0, 0.1) is 0 Å². The minimum atomic E-state index is -0.981. The van der Waals surface area contributed by atoms with Gasteiger partial charge in [-0.05, 0) is 76.2 Å². The molecule has 0 atom stereocenters. The molecule has 0 bridgehead atoms. The largest absolute Gasteiger partial charge is 0.497 e. The standard InChI is InChI=1S/C22H17NO4/c1-27-16-4-2-3-12(7-16)15-10-18-17-9-14(22(25)26)6-5-13(17)8-19(18)20(11-15)21(23)24/h2-7,9-11H,8H2,1H3,(H2,23,24)(H,25,26). The lowest BCUT2D eigenvalue weighted by Gasteiger charge is -2.11. The van der Waals surface area contributed by atoms with Crippen molar-refractivity contribution in [1.82, 2.24) is 0 Å². The zero-order valence-electron chi connectivity index (χ0n) is 14.7. The average molecular weight is 359 g/mol. The Morgan fingerprint density at radius 3 is 2.52 bits per heavy atom. The maximum absolute atomic E-state index is 12.1. The summed E-state index contributed by atoms with van der Waals surface area (Å²) < 4.78 is 5.29. The monoisotopic (exact) mass is 359 g/mol. The first kappa shape index (κ1) is 16.8. The summed E-state index contributed by atoms with van der Waals surface area (Å²) in [6, 6.07) is 16.4. The van der Waals surface area contributed by atoms with E-state index in [1.165, 1.54) is 0 Å². The van der Waals surface area contributed by atoms with Gasteiger partial charge in [0.2, 0.25) is 5.91 Å². The van der Waals surface area contributed by atoms with E-state index in [2.05, 4.69) is 0 Å². The number of carbonyl (C=O) groups is 2. The van der Waals surface area contributed by atoms with Crippen LogP contribution in [0.25, 0.3) is 22.3 Å². The number of primary amides is 1. The third kappa shape index (κ3) is 2.83. The number of benzene rings is 3. The summed E-state index contributed by atoms with van der Waals surface area (Å²) in [5, 5.41) is 9.31. The molecule has 134 valence electrons. The maximum Gasteiger partial charge on any atom is 0.335 e. The topological polar surface area (TPSA) is 89.6 Å². The minimum absolute atomic E-state index is 0.217. The van der Waals surface area contributed by atoms with Crippen LogP contribution in [-0.4, -0.2) is 24.1 Å². The first-order chi connectivity index (χ1) is 13.0. The van der Waals surface area contributed by atoms with Crippen molar-refractivity contribution < 1.29 is 19.4 Å². The molecule has 0 aromatic heterocycles. The molecule has 5 nitrogen and oxygen atoms in total. The number of aromatic carboxylic acids is 1. The molecule has 0 saturated carbocycles. The molecule has 1 aliphatic carbocycles. The number of ether oxygens (including phenoxy) is 1. The molecule has 0 fully saturated rings. The molecule has 27 heavy (non-hydrogen) atoms. The van der Waals surface area contributed by atoms with Crippen LogP contribution in [0.1, 0.15) is 31.8 Å². The summed E-state index contributed by atoms with van der Waals surface area (Å²) in [6.45, 7) is 0. The van der Waals surface area contributed by atoms with Gasteiger partial charge < -0.3 is 15.6 Å². The number of hydrogen-bond donors (Lipinski definition) is 2. The molecule has 0 aliphatic heterocycles. The molecule has 0 radical (unpaired) electrons. The maximum atomic E-state index is 12.1. The van der Waals surface area contributed by atoms with Crippen LogP contribution in [-0.2, 0) is 6.42 Å². The Labute approximate surface area is 156 Å². The smallest absolute Gasteiger partial charge is 0.335 e. The molecule has 0 spiro atoms. The fraction of sp³-hybridized carbons (Fsp3) is 0.0909. The number of carbonyl (C=O) groups excluding carboxylic acids is 1. The third-order valence-electron chi connectivity index (χ3n) is 4.93. The summed E-state index contributed by atoms with van der Waals surface area (Å²) in [5.74, 6) is -0.769. The highest BCUT2D eigenvalue weighted by Gasteiger charge is 2.25. The number of carboxylic acids is 1. The van der Waals surface area contributed by atoms with Gasteiger partial charge in [0.15, 0.2) is 0 Å². The molecule has 0 unspecified atom stereocenters.